The number of hydrogen-bond acceptors (Lipinski definition) is 2. The highest BCUT2D eigenvalue weighted by atomic mass is 16.5. The van der Waals surface area contributed by atoms with E-state index >= 15 is 0 Å². The quantitative estimate of drug-likeness (QED) is 0.734. The Labute approximate surface area is 120 Å². The van der Waals surface area contributed by atoms with Crippen molar-refractivity contribution in [3.05, 3.63) is 41.7 Å². The van der Waals surface area contributed by atoms with E-state index in [2.05, 4.69) is 46.8 Å². The molecular formula is C18H22O2. The van der Waals surface area contributed by atoms with Crippen LogP contribution in [0.3, 0.4) is 0 Å². The Morgan fingerprint density at radius 3 is 2.50 bits per heavy atom. The van der Waals surface area contributed by atoms with Crippen LogP contribution < -0.4 is 4.74 Å². The fraction of sp³-hybridized carbons (Fsp3) is 0.444. The van der Waals surface area contributed by atoms with Crippen LogP contribution in [-0.2, 0) is 10.8 Å². The molecule has 2 heteroatoms. The molecule has 2 aromatic rings. The maximum absolute atomic E-state index is 6.01. The van der Waals surface area contributed by atoms with Gasteiger partial charge >= 0.3 is 0 Å². The smallest absolute Gasteiger partial charge is 0.133 e. The third-order valence-corrected chi connectivity index (χ3v) is 4.01. The topological polar surface area (TPSA) is 22.4 Å². The number of rotatable bonds is 1. The van der Waals surface area contributed by atoms with Gasteiger partial charge in [-0.05, 0) is 29.7 Å². The minimum absolute atomic E-state index is 0.0487. The molecule has 1 aromatic carbocycles. The number of hydrogen-bond donors (Lipinski definition) is 0. The lowest BCUT2D eigenvalue weighted by molar-refractivity contribution is 0.286. The molecule has 1 aromatic heterocycles. The molecule has 0 radical (unpaired) electrons. The Morgan fingerprint density at radius 1 is 1.15 bits per heavy atom. The lowest BCUT2D eigenvalue weighted by Gasteiger charge is -2.23. The molecule has 0 aliphatic carbocycles. The first-order chi connectivity index (χ1) is 9.29. The van der Waals surface area contributed by atoms with Crippen LogP contribution in [0, 0.1) is 0 Å². The van der Waals surface area contributed by atoms with Gasteiger partial charge in [-0.25, -0.2) is 0 Å². The predicted molar refractivity (Wildman–Crippen MR) is 81.4 cm³/mol. The van der Waals surface area contributed by atoms with Gasteiger partial charge in [-0.15, -0.1) is 0 Å². The van der Waals surface area contributed by atoms with Gasteiger partial charge in [0, 0.05) is 22.1 Å². The second kappa shape index (κ2) is 4.15. The Bertz CT molecular complexity index is 628. The van der Waals surface area contributed by atoms with Crippen LogP contribution in [0.25, 0.3) is 11.3 Å². The van der Waals surface area contributed by atoms with Crippen molar-refractivity contribution in [2.24, 2.45) is 0 Å². The van der Waals surface area contributed by atoms with E-state index in [0.29, 0.717) is 0 Å². The van der Waals surface area contributed by atoms with E-state index in [1.165, 1.54) is 11.1 Å². The van der Waals surface area contributed by atoms with Gasteiger partial charge in [-0.2, -0.15) is 0 Å². The van der Waals surface area contributed by atoms with Gasteiger partial charge in [-0.3, -0.25) is 0 Å². The standard InChI is InChI=1S/C18H22O2/c1-17(2,3)13-9-12(15-7-6-8-19-15)10-14-16(13)20-11-18(14,4)5/h6-10H,11H2,1-5H3. The molecule has 0 bridgehead atoms. The number of furan rings is 1. The van der Waals surface area contributed by atoms with Crippen molar-refractivity contribution < 1.29 is 9.15 Å². The molecule has 1 aliphatic rings. The van der Waals surface area contributed by atoms with Gasteiger partial charge in [0.05, 0.1) is 12.9 Å². The molecule has 0 N–H and O–H groups in total. The molecule has 0 amide bonds. The summed E-state index contributed by atoms with van der Waals surface area (Å²) in [6, 6.07) is 8.37. The molecule has 1 aliphatic heterocycles. The first kappa shape index (κ1) is 13.3. The summed E-state index contributed by atoms with van der Waals surface area (Å²) in [5, 5.41) is 0. The second-order valence-corrected chi connectivity index (χ2v) is 7.30. The van der Waals surface area contributed by atoms with E-state index in [9.17, 15) is 0 Å². The summed E-state index contributed by atoms with van der Waals surface area (Å²) in [6.07, 6.45) is 1.72. The number of fused-ring (bicyclic) bond motifs is 1. The zero-order chi connectivity index (χ0) is 14.5. The largest absolute Gasteiger partial charge is 0.492 e. The summed E-state index contributed by atoms with van der Waals surface area (Å²) >= 11 is 0. The van der Waals surface area contributed by atoms with E-state index in [0.717, 1.165) is 23.7 Å². The van der Waals surface area contributed by atoms with Crippen LogP contribution in [0.15, 0.2) is 34.9 Å². The molecule has 20 heavy (non-hydrogen) atoms. The summed E-state index contributed by atoms with van der Waals surface area (Å²) < 4.78 is 11.6. The second-order valence-electron chi connectivity index (χ2n) is 7.30. The van der Waals surface area contributed by atoms with Gasteiger partial charge in [0.25, 0.3) is 0 Å². The average Bonchev–Trinajstić information content (AvgIpc) is 2.96. The Morgan fingerprint density at radius 2 is 1.90 bits per heavy atom. The fourth-order valence-electron chi connectivity index (χ4n) is 2.76. The van der Waals surface area contributed by atoms with Crippen molar-refractivity contribution >= 4 is 0 Å². The van der Waals surface area contributed by atoms with Crippen molar-refractivity contribution in [2.45, 2.75) is 45.4 Å². The van der Waals surface area contributed by atoms with Crippen LogP contribution in [0.2, 0.25) is 0 Å². The van der Waals surface area contributed by atoms with Gasteiger partial charge in [0.1, 0.15) is 11.5 Å². The SMILES string of the molecule is CC(C)(C)c1cc(-c2ccco2)cc2c1OCC2(C)C. The van der Waals surface area contributed by atoms with Gasteiger partial charge in [0.15, 0.2) is 0 Å². The lowest BCUT2D eigenvalue weighted by atomic mass is 9.79. The summed E-state index contributed by atoms with van der Waals surface area (Å²) in [6.45, 7) is 11.9. The summed E-state index contributed by atoms with van der Waals surface area (Å²) in [4.78, 5) is 0. The van der Waals surface area contributed by atoms with Crippen LogP contribution in [0.1, 0.15) is 45.7 Å². The van der Waals surface area contributed by atoms with E-state index in [4.69, 9.17) is 9.15 Å². The third kappa shape index (κ3) is 2.04. The molecule has 0 fully saturated rings. The van der Waals surface area contributed by atoms with Gasteiger partial charge in [-0.1, -0.05) is 34.6 Å². The highest BCUT2D eigenvalue weighted by molar-refractivity contribution is 5.66. The molecule has 0 spiro atoms. The molecule has 0 unspecified atom stereocenters. The molecule has 2 nitrogen and oxygen atoms in total. The zero-order valence-corrected chi connectivity index (χ0v) is 12.9. The summed E-state index contributed by atoms with van der Waals surface area (Å²) in [7, 11) is 0. The van der Waals surface area contributed by atoms with Crippen molar-refractivity contribution in [1.29, 1.82) is 0 Å². The minimum Gasteiger partial charge on any atom is -0.492 e. The zero-order valence-electron chi connectivity index (χ0n) is 12.9. The summed E-state index contributed by atoms with van der Waals surface area (Å²) in [5.41, 5.74) is 3.78. The van der Waals surface area contributed by atoms with Crippen molar-refractivity contribution in [3.63, 3.8) is 0 Å². The molecular weight excluding hydrogens is 248 g/mol. The van der Waals surface area contributed by atoms with Gasteiger partial charge < -0.3 is 9.15 Å². The highest BCUT2D eigenvalue weighted by Gasteiger charge is 2.36. The lowest BCUT2D eigenvalue weighted by Crippen LogP contribution is -2.18. The Kier molecular flexibility index (Phi) is 2.75. The van der Waals surface area contributed by atoms with E-state index in [-0.39, 0.29) is 10.8 Å². The third-order valence-electron chi connectivity index (χ3n) is 4.01. The highest BCUT2D eigenvalue weighted by Crippen LogP contribution is 2.46. The maximum atomic E-state index is 6.01. The molecule has 0 saturated heterocycles. The van der Waals surface area contributed by atoms with Crippen LogP contribution >= 0.6 is 0 Å². The Balaban J connectivity index is 2.26. The van der Waals surface area contributed by atoms with Crippen molar-refractivity contribution in [1.82, 2.24) is 0 Å². The minimum atomic E-state index is 0.0487. The first-order valence-electron chi connectivity index (χ1n) is 7.15. The first-order valence-corrected chi connectivity index (χ1v) is 7.15. The van der Waals surface area contributed by atoms with Crippen LogP contribution in [0.5, 0.6) is 5.75 Å². The summed E-state index contributed by atoms with van der Waals surface area (Å²) in [5.74, 6) is 1.99. The Hall–Kier alpha value is -1.70. The number of benzene rings is 1. The fourth-order valence-corrected chi connectivity index (χ4v) is 2.76. The van der Waals surface area contributed by atoms with Crippen LogP contribution in [-0.4, -0.2) is 6.61 Å². The number of ether oxygens (including phenoxy) is 1. The van der Waals surface area contributed by atoms with Crippen LogP contribution in [0.4, 0.5) is 0 Å². The molecule has 3 rings (SSSR count). The monoisotopic (exact) mass is 270 g/mol. The molecule has 106 valence electrons. The molecule has 0 saturated carbocycles. The van der Waals surface area contributed by atoms with E-state index < -0.39 is 0 Å². The molecule has 0 atom stereocenters. The van der Waals surface area contributed by atoms with E-state index in [1.54, 1.807) is 6.26 Å². The van der Waals surface area contributed by atoms with Crippen molar-refractivity contribution in [3.8, 4) is 17.1 Å². The van der Waals surface area contributed by atoms with E-state index in [1.807, 2.05) is 12.1 Å². The normalized spacial score (nSPS) is 16.9. The van der Waals surface area contributed by atoms with Gasteiger partial charge in [0.2, 0.25) is 0 Å². The van der Waals surface area contributed by atoms with Crippen molar-refractivity contribution in [2.75, 3.05) is 6.61 Å². The average molecular weight is 270 g/mol. The maximum Gasteiger partial charge on any atom is 0.133 e. The predicted octanol–water partition coefficient (Wildman–Crippen LogP) is 4.91. The molecule has 2 heterocycles.